The Morgan fingerprint density at radius 2 is 1.00 bits per heavy atom. The lowest BCUT2D eigenvalue weighted by molar-refractivity contribution is 0.790. The molecule has 0 aliphatic heterocycles. The van der Waals surface area contributed by atoms with Crippen molar-refractivity contribution in [2.45, 2.75) is 25.3 Å². The van der Waals surface area contributed by atoms with Crippen LogP contribution in [0.5, 0.6) is 0 Å². The van der Waals surface area contributed by atoms with Crippen LogP contribution in [0.25, 0.3) is 0 Å². The van der Waals surface area contributed by atoms with Gasteiger partial charge in [-0.05, 0) is 18.4 Å². The first-order valence-corrected chi connectivity index (χ1v) is 10.1. The Hall–Kier alpha value is -2.12. The van der Waals surface area contributed by atoms with Gasteiger partial charge in [0.2, 0.25) is 0 Å². The molecular formula is C22H23Si. The summed E-state index contributed by atoms with van der Waals surface area (Å²) >= 11 is 0. The molecule has 1 radical (unpaired) electrons. The first kappa shape index (κ1) is 15.8. The highest BCUT2D eigenvalue weighted by atomic mass is 28.3. The maximum Gasteiger partial charge on any atom is 0.121 e. The zero-order valence-corrected chi connectivity index (χ0v) is 14.5. The van der Waals surface area contributed by atoms with Gasteiger partial charge in [-0.25, -0.2) is 0 Å². The molecular weight excluding hydrogens is 292 g/mol. The second kappa shape index (κ2) is 8.49. The Labute approximate surface area is 141 Å². The fraction of sp³-hybridized carbons (Fsp3) is 0.182. The smallest absolute Gasteiger partial charge is 0.0628 e. The van der Waals surface area contributed by atoms with Crippen LogP contribution in [0.1, 0.15) is 18.4 Å². The fourth-order valence-electron chi connectivity index (χ4n) is 3.01. The minimum Gasteiger partial charge on any atom is -0.0628 e. The van der Waals surface area contributed by atoms with Gasteiger partial charge >= 0.3 is 0 Å². The van der Waals surface area contributed by atoms with Gasteiger partial charge in [-0.15, -0.1) is 0 Å². The summed E-state index contributed by atoms with van der Waals surface area (Å²) in [4.78, 5) is 0. The summed E-state index contributed by atoms with van der Waals surface area (Å²) in [6, 6.07) is 34.3. The first-order valence-electron chi connectivity index (χ1n) is 8.44. The van der Waals surface area contributed by atoms with Crippen LogP contribution in [0.15, 0.2) is 91.0 Å². The average Bonchev–Trinajstić information content (AvgIpc) is 2.64. The first-order chi connectivity index (χ1) is 11.4. The Morgan fingerprint density at radius 3 is 1.52 bits per heavy atom. The van der Waals surface area contributed by atoms with Gasteiger partial charge in [0.1, 0.15) is 8.80 Å². The van der Waals surface area contributed by atoms with E-state index < -0.39 is 8.80 Å². The third-order valence-corrected chi connectivity index (χ3v) is 7.14. The maximum absolute atomic E-state index is 2.30. The number of unbranched alkanes of at least 4 members (excludes halogenated alkanes) is 1. The van der Waals surface area contributed by atoms with Crippen LogP contribution in [0.4, 0.5) is 0 Å². The molecule has 0 nitrogen and oxygen atoms in total. The van der Waals surface area contributed by atoms with Crippen molar-refractivity contribution >= 4 is 19.2 Å². The standard InChI is InChI=1S/C22H23Si/c1-4-12-20(13-5-1)14-10-11-19-23(21-15-6-2-7-16-21)22-17-8-3-9-18-22/h1-9,12-13,15-18H,10-11,14,19H2. The second-order valence-electron chi connectivity index (χ2n) is 5.90. The molecule has 0 saturated heterocycles. The molecule has 3 rings (SSSR count). The average molecular weight is 316 g/mol. The van der Waals surface area contributed by atoms with Crippen LogP contribution >= 0.6 is 0 Å². The monoisotopic (exact) mass is 315 g/mol. The third kappa shape index (κ3) is 4.67. The molecule has 0 spiro atoms. The van der Waals surface area contributed by atoms with E-state index in [0.29, 0.717) is 0 Å². The molecule has 0 N–H and O–H groups in total. The topological polar surface area (TPSA) is 0 Å². The molecule has 23 heavy (non-hydrogen) atoms. The highest BCUT2D eigenvalue weighted by Gasteiger charge is 2.15. The van der Waals surface area contributed by atoms with E-state index in [-0.39, 0.29) is 0 Å². The Bertz CT molecular complexity index is 637. The van der Waals surface area contributed by atoms with E-state index in [1.807, 2.05) is 0 Å². The van der Waals surface area contributed by atoms with E-state index in [9.17, 15) is 0 Å². The molecule has 0 fully saturated rings. The predicted octanol–water partition coefficient (Wildman–Crippen LogP) is 4.32. The van der Waals surface area contributed by atoms with Crippen molar-refractivity contribution in [3.05, 3.63) is 96.6 Å². The maximum atomic E-state index is 2.30. The molecule has 0 amide bonds. The van der Waals surface area contributed by atoms with Gasteiger partial charge in [0.25, 0.3) is 0 Å². The van der Waals surface area contributed by atoms with Crippen molar-refractivity contribution in [1.82, 2.24) is 0 Å². The molecule has 115 valence electrons. The minimum absolute atomic E-state index is 0.654. The highest BCUT2D eigenvalue weighted by Crippen LogP contribution is 2.09. The van der Waals surface area contributed by atoms with E-state index in [1.165, 1.54) is 41.2 Å². The minimum atomic E-state index is -0.654. The molecule has 3 aromatic rings. The lowest BCUT2D eigenvalue weighted by Gasteiger charge is -2.16. The number of benzene rings is 3. The molecule has 0 aromatic heterocycles. The lowest BCUT2D eigenvalue weighted by atomic mass is 10.1. The van der Waals surface area contributed by atoms with Gasteiger partial charge in [-0.3, -0.25) is 0 Å². The van der Waals surface area contributed by atoms with Crippen molar-refractivity contribution < 1.29 is 0 Å². The van der Waals surface area contributed by atoms with Crippen molar-refractivity contribution in [3.63, 3.8) is 0 Å². The van der Waals surface area contributed by atoms with E-state index >= 15 is 0 Å². The largest absolute Gasteiger partial charge is 0.121 e. The zero-order valence-electron chi connectivity index (χ0n) is 13.5. The molecule has 0 heterocycles. The molecule has 0 aliphatic rings. The number of rotatable bonds is 7. The van der Waals surface area contributed by atoms with Crippen LogP contribution in [0.2, 0.25) is 6.04 Å². The summed E-state index contributed by atoms with van der Waals surface area (Å²) in [5.74, 6) is 0. The molecule has 0 bridgehead atoms. The summed E-state index contributed by atoms with van der Waals surface area (Å²) in [6.07, 6.45) is 3.77. The van der Waals surface area contributed by atoms with Gasteiger partial charge in [-0.1, -0.05) is 114 Å². The fourth-order valence-corrected chi connectivity index (χ4v) is 5.71. The van der Waals surface area contributed by atoms with Gasteiger partial charge in [-0.2, -0.15) is 0 Å². The molecule has 0 atom stereocenters. The van der Waals surface area contributed by atoms with E-state index in [4.69, 9.17) is 0 Å². The van der Waals surface area contributed by atoms with Crippen LogP contribution < -0.4 is 10.4 Å². The van der Waals surface area contributed by atoms with Crippen LogP contribution in [0.3, 0.4) is 0 Å². The van der Waals surface area contributed by atoms with Gasteiger partial charge in [0.15, 0.2) is 0 Å². The quantitative estimate of drug-likeness (QED) is 0.450. The van der Waals surface area contributed by atoms with Crippen molar-refractivity contribution in [1.29, 1.82) is 0 Å². The van der Waals surface area contributed by atoms with Gasteiger partial charge in [0.05, 0.1) is 0 Å². The molecule has 3 aromatic carbocycles. The van der Waals surface area contributed by atoms with Crippen LogP contribution in [0, 0.1) is 0 Å². The Balaban J connectivity index is 1.63. The second-order valence-corrected chi connectivity index (χ2v) is 8.52. The predicted molar refractivity (Wildman–Crippen MR) is 102 cm³/mol. The highest BCUT2D eigenvalue weighted by molar-refractivity contribution is 6.85. The van der Waals surface area contributed by atoms with Gasteiger partial charge < -0.3 is 0 Å². The Morgan fingerprint density at radius 1 is 0.522 bits per heavy atom. The number of aryl methyl sites for hydroxylation is 1. The third-order valence-electron chi connectivity index (χ3n) is 4.23. The van der Waals surface area contributed by atoms with Gasteiger partial charge in [0, 0.05) is 0 Å². The number of hydrogen-bond acceptors (Lipinski definition) is 0. The van der Waals surface area contributed by atoms with Crippen molar-refractivity contribution in [2.24, 2.45) is 0 Å². The molecule has 0 saturated carbocycles. The summed E-state index contributed by atoms with van der Waals surface area (Å²) < 4.78 is 0. The summed E-state index contributed by atoms with van der Waals surface area (Å²) in [5.41, 5.74) is 1.46. The molecule has 0 aliphatic carbocycles. The van der Waals surface area contributed by atoms with E-state index in [1.54, 1.807) is 0 Å². The van der Waals surface area contributed by atoms with Crippen molar-refractivity contribution in [2.75, 3.05) is 0 Å². The normalized spacial score (nSPS) is 10.8. The van der Waals surface area contributed by atoms with E-state index in [0.717, 1.165) is 0 Å². The zero-order chi connectivity index (χ0) is 15.7. The van der Waals surface area contributed by atoms with Crippen molar-refractivity contribution in [3.8, 4) is 0 Å². The molecule has 1 heteroatoms. The number of hydrogen-bond donors (Lipinski definition) is 0. The Kier molecular flexibility index (Phi) is 5.82. The molecule has 0 unspecified atom stereocenters. The van der Waals surface area contributed by atoms with Crippen LogP contribution in [-0.4, -0.2) is 8.80 Å². The van der Waals surface area contributed by atoms with Crippen LogP contribution in [-0.2, 0) is 6.42 Å². The summed E-state index contributed by atoms with van der Waals surface area (Å²) in [7, 11) is -0.654. The lowest BCUT2D eigenvalue weighted by Crippen LogP contribution is -2.41. The summed E-state index contributed by atoms with van der Waals surface area (Å²) in [5, 5.41) is 3.06. The van der Waals surface area contributed by atoms with E-state index in [2.05, 4.69) is 91.0 Å². The summed E-state index contributed by atoms with van der Waals surface area (Å²) in [6.45, 7) is 0. The SMILES string of the molecule is c1ccc(CCCC[Si](c2ccccc2)c2ccccc2)cc1.